The molecule has 0 atom stereocenters. The molecule has 0 fully saturated rings. The molecule has 0 amide bonds. The number of aromatic nitrogens is 5. The SMILES string of the molecule is CCn1c(SCc2ccccc2)nnc1-c1cnn(C)c1. The molecule has 0 spiro atoms. The van der Waals surface area contributed by atoms with Crippen molar-refractivity contribution in [3.8, 4) is 11.4 Å². The summed E-state index contributed by atoms with van der Waals surface area (Å²) in [4.78, 5) is 0. The lowest BCUT2D eigenvalue weighted by atomic mass is 10.2. The molecule has 6 heteroatoms. The van der Waals surface area contributed by atoms with E-state index in [4.69, 9.17) is 0 Å². The van der Waals surface area contributed by atoms with Crippen molar-refractivity contribution in [2.24, 2.45) is 7.05 Å². The van der Waals surface area contributed by atoms with E-state index in [1.807, 2.05) is 25.5 Å². The predicted molar refractivity (Wildman–Crippen MR) is 83.9 cm³/mol. The van der Waals surface area contributed by atoms with Gasteiger partial charge in [0, 0.05) is 25.5 Å². The Morgan fingerprint density at radius 2 is 1.95 bits per heavy atom. The molecule has 108 valence electrons. The van der Waals surface area contributed by atoms with Crippen molar-refractivity contribution in [2.75, 3.05) is 0 Å². The number of rotatable bonds is 5. The van der Waals surface area contributed by atoms with Crippen molar-refractivity contribution >= 4 is 11.8 Å². The third kappa shape index (κ3) is 3.00. The number of hydrogen-bond acceptors (Lipinski definition) is 4. The van der Waals surface area contributed by atoms with Crippen LogP contribution in [0.25, 0.3) is 11.4 Å². The van der Waals surface area contributed by atoms with E-state index in [2.05, 4.69) is 51.1 Å². The maximum Gasteiger partial charge on any atom is 0.191 e. The Kier molecular flexibility index (Phi) is 4.06. The Balaban J connectivity index is 1.82. The summed E-state index contributed by atoms with van der Waals surface area (Å²) >= 11 is 1.71. The number of aryl methyl sites for hydroxylation is 1. The molecular weight excluding hydrogens is 282 g/mol. The molecule has 3 rings (SSSR count). The number of benzene rings is 1. The summed E-state index contributed by atoms with van der Waals surface area (Å²) in [5, 5.41) is 13.8. The molecule has 0 saturated carbocycles. The summed E-state index contributed by atoms with van der Waals surface area (Å²) in [5.74, 6) is 1.77. The molecule has 0 radical (unpaired) electrons. The zero-order valence-corrected chi connectivity index (χ0v) is 12.9. The quantitative estimate of drug-likeness (QED) is 0.680. The van der Waals surface area contributed by atoms with Gasteiger partial charge in [-0.15, -0.1) is 10.2 Å². The van der Waals surface area contributed by atoms with Crippen LogP contribution >= 0.6 is 11.8 Å². The smallest absolute Gasteiger partial charge is 0.191 e. The van der Waals surface area contributed by atoms with Crippen LogP contribution in [-0.2, 0) is 19.3 Å². The summed E-state index contributed by atoms with van der Waals surface area (Å²) in [6, 6.07) is 10.4. The van der Waals surface area contributed by atoms with Crippen molar-refractivity contribution in [2.45, 2.75) is 24.4 Å². The molecule has 0 bridgehead atoms. The zero-order chi connectivity index (χ0) is 14.7. The molecule has 2 aromatic heterocycles. The molecule has 1 aromatic carbocycles. The normalized spacial score (nSPS) is 11.0. The Morgan fingerprint density at radius 3 is 2.62 bits per heavy atom. The van der Waals surface area contributed by atoms with Crippen molar-refractivity contribution in [3.63, 3.8) is 0 Å². The third-order valence-corrected chi connectivity index (χ3v) is 4.24. The molecule has 21 heavy (non-hydrogen) atoms. The first kappa shape index (κ1) is 13.9. The minimum Gasteiger partial charge on any atom is -0.302 e. The third-order valence-electron chi connectivity index (χ3n) is 3.21. The van der Waals surface area contributed by atoms with E-state index in [9.17, 15) is 0 Å². The van der Waals surface area contributed by atoms with Gasteiger partial charge in [-0.1, -0.05) is 42.1 Å². The molecule has 0 aliphatic carbocycles. The second kappa shape index (κ2) is 6.13. The van der Waals surface area contributed by atoms with Crippen LogP contribution in [0, 0.1) is 0 Å². The number of thioether (sulfide) groups is 1. The maximum atomic E-state index is 4.33. The first-order valence-electron chi connectivity index (χ1n) is 6.87. The van der Waals surface area contributed by atoms with Crippen molar-refractivity contribution in [3.05, 3.63) is 48.3 Å². The number of nitrogens with zero attached hydrogens (tertiary/aromatic N) is 5. The van der Waals surface area contributed by atoms with Crippen LogP contribution in [-0.4, -0.2) is 24.5 Å². The van der Waals surface area contributed by atoms with Gasteiger partial charge in [0.2, 0.25) is 0 Å². The van der Waals surface area contributed by atoms with Crippen molar-refractivity contribution in [1.82, 2.24) is 24.5 Å². The van der Waals surface area contributed by atoms with Crippen LogP contribution in [0.15, 0.2) is 47.9 Å². The Bertz CT molecular complexity index is 717. The van der Waals surface area contributed by atoms with E-state index in [1.165, 1.54) is 5.56 Å². The largest absolute Gasteiger partial charge is 0.302 e. The second-order valence-electron chi connectivity index (χ2n) is 4.73. The van der Waals surface area contributed by atoms with E-state index in [0.717, 1.165) is 28.8 Å². The summed E-state index contributed by atoms with van der Waals surface area (Å²) in [6.45, 7) is 2.95. The Hall–Kier alpha value is -2.08. The highest BCUT2D eigenvalue weighted by Gasteiger charge is 2.14. The summed E-state index contributed by atoms with van der Waals surface area (Å²) < 4.78 is 3.91. The Morgan fingerprint density at radius 1 is 1.14 bits per heavy atom. The first-order valence-corrected chi connectivity index (χ1v) is 7.85. The lowest BCUT2D eigenvalue weighted by Gasteiger charge is -2.06. The van der Waals surface area contributed by atoms with E-state index in [-0.39, 0.29) is 0 Å². The lowest BCUT2D eigenvalue weighted by molar-refractivity contribution is 0.687. The van der Waals surface area contributed by atoms with Crippen molar-refractivity contribution in [1.29, 1.82) is 0 Å². The van der Waals surface area contributed by atoms with Crippen LogP contribution < -0.4 is 0 Å². The fourth-order valence-corrected chi connectivity index (χ4v) is 3.11. The van der Waals surface area contributed by atoms with Gasteiger partial charge in [0.25, 0.3) is 0 Å². The van der Waals surface area contributed by atoms with Gasteiger partial charge in [0.05, 0.1) is 11.8 Å². The van der Waals surface area contributed by atoms with Crippen molar-refractivity contribution < 1.29 is 0 Å². The average Bonchev–Trinajstić information content (AvgIpc) is 3.11. The lowest BCUT2D eigenvalue weighted by Crippen LogP contribution is -1.99. The van der Waals surface area contributed by atoms with Gasteiger partial charge in [0.1, 0.15) is 0 Å². The van der Waals surface area contributed by atoms with Gasteiger partial charge in [-0.2, -0.15) is 5.10 Å². The highest BCUT2D eigenvalue weighted by atomic mass is 32.2. The molecular formula is C15H17N5S. The standard InChI is InChI=1S/C15H17N5S/c1-3-20-14(13-9-16-19(2)10-13)17-18-15(20)21-11-12-7-5-4-6-8-12/h4-10H,3,11H2,1-2H3. The molecule has 0 aliphatic heterocycles. The summed E-state index contributed by atoms with van der Waals surface area (Å²) in [7, 11) is 1.90. The van der Waals surface area contributed by atoms with Gasteiger partial charge in [0.15, 0.2) is 11.0 Å². The second-order valence-corrected chi connectivity index (χ2v) is 5.67. The topological polar surface area (TPSA) is 48.5 Å². The monoisotopic (exact) mass is 299 g/mol. The minimum absolute atomic E-state index is 0.842. The van der Waals surface area contributed by atoms with Gasteiger partial charge < -0.3 is 4.57 Å². The van der Waals surface area contributed by atoms with Gasteiger partial charge in [-0.3, -0.25) is 4.68 Å². The fraction of sp³-hybridized carbons (Fsp3) is 0.267. The van der Waals surface area contributed by atoms with Gasteiger partial charge >= 0.3 is 0 Å². The molecule has 3 aromatic rings. The highest BCUT2D eigenvalue weighted by Crippen LogP contribution is 2.25. The van der Waals surface area contributed by atoms with Gasteiger partial charge in [-0.25, -0.2) is 0 Å². The fourth-order valence-electron chi connectivity index (χ4n) is 2.15. The molecule has 0 N–H and O–H groups in total. The zero-order valence-electron chi connectivity index (χ0n) is 12.1. The predicted octanol–water partition coefficient (Wildman–Crippen LogP) is 2.99. The van der Waals surface area contributed by atoms with Crippen LogP contribution in [0.5, 0.6) is 0 Å². The molecule has 0 saturated heterocycles. The van der Waals surface area contributed by atoms with Crippen LogP contribution in [0.1, 0.15) is 12.5 Å². The molecule has 5 nitrogen and oxygen atoms in total. The highest BCUT2D eigenvalue weighted by molar-refractivity contribution is 7.98. The van der Waals surface area contributed by atoms with Crippen LogP contribution in [0.4, 0.5) is 0 Å². The summed E-state index contributed by atoms with van der Waals surface area (Å²) in [6.07, 6.45) is 3.78. The van der Waals surface area contributed by atoms with E-state index in [1.54, 1.807) is 16.4 Å². The maximum absolute atomic E-state index is 4.33. The molecule has 0 unspecified atom stereocenters. The first-order chi connectivity index (χ1) is 10.3. The minimum atomic E-state index is 0.842. The summed E-state index contributed by atoms with van der Waals surface area (Å²) in [5.41, 5.74) is 2.29. The number of hydrogen-bond donors (Lipinski definition) is 0. The van der Waals surface area contributed by atoms with Crippen LogP contribution in [0.3, 0.4) is 0 Å². The van der Waals surface area contributed by atoms with E-state index in [0.29, 0.717) is 0 Å². The van der Waals surface area contributed by atoms with Gasteiger partial charge in [-0.05, 0) is 12.5 Å². The molecule has 2 heterocycles. The molecule has 0 aliphatic rings. The average molecular weight is 299 g/mol. The van der Waals surface area contributed by atoms with E-state index >= 15 is 0 Å². The van der Waals surface area contributed by atoms with Crippen LogP contribution in [0.2, 0.25) is 0 Å². The Labute approximate surface area is 128 Å². The van der Waals surface area contributed by atoms with E-state index < -0.39 is 0 Å².